The molecular formula is C20H22FN5OS. The lowest BCUT2D eigenvalue weighted by atomic mass is 10.2. The molecule has 0 unspecified atom stereocenters. The molecule has 2 heterocycles. The van der Waals surface area contributed by atoms with Gasteiger partial charge in [-0.3, -0.25) is 14.3 Å². The van der Waals surface area contributed by atoms with Crippen molar-refractivity contribution in [2.75, 3.05) is 5.75 Å². The van der Waals surface area contributed by atoms with Gasteiger partial charge in [0.15, 0.2) is 11.0 Å². The largest absolute Gasteiger partial charge is 0.353 e. The molecule has 3 rings (SSSR count). The Kier molecular flexibility index (Phi) is 6.76. The van der Waals surface area contributed by atoms with Crippen LogP contribution in [0.4, 0.5) is 4.39 Å². The summed E-state index contributed by atoms with van der Waals surface area (Å²) < 4.78 is 15.2. The number of halogens is 1. The Morgan fingerprint density at radius 2 is 1.79 bits per heavy atom. The van der Waals surface area contributed by atoms with E-state index >= 15 is 0 Å². The Morgan fingerprint density at radius 1 is 1.11 bits per heavy atom. The zero-order chi connectivity index (χ0) is 19.9. The molecule has 0 saturated carbocycles. The smallest absolute Gasteiger partial charge is 0.230 e. The highest BCUT2D eigenvalue weighted by Crippen LogP contribution is 2.27. The monoisotopic (exact) mass is 399 g/mol. The van der Waals surface area contributed by atoms with Crippen LogP contribution >= 0.6 is 11.8 Å². The molecule has 8 heteroatoms. The van der Waals surface area contributed by atoms with Crippen molar-refractivity contribution >= 4 is 17.7 Å². The lowest BCUT2D eigenvalue weighted by Crippen LogP contribution is -2.35. The Labute approximate surface area is 167 Å². The van der Waals surface area contributed by atoms with Crippen molar-refractivity contribution in [3.05, 3.63) is 54.6 Å². The number of carbonyl (C=O) groups is 1. The molecule has 1 N–H and O–H groups in total. The lowest BCUT2D eigenvalue weighted by molar-refractivity contribution is -0.119. The highest BCUT2D eigenvalue weighted by Gasteiger charge is 2.18. The fraction of sp³-hybridized carbons (Fsp3) is 0.300. The van der Waals surface area contributed by atoms with Crippen LogP contribution in [0.2, 0.25) is 0 Å². The van der Waals surface area contributed by atoms with Gasteiger partial charge in [0.1, 0.15) is 5.82 Å². The van der Waals surface area contributed by atoms with Crippen LogP contribution in [0.1, 0.15) is 26.7 Å². The van der Waals surface area contributed by atoms with Crippen molar-refractivity contribution in [1.82, 2.24) is 25.1 Å². The maximum Gasteiger partial charge on any atom is 0.230 e. The molecule has 1 amide bonds. The molecule has 2 aromatic heterocycles. The maximum absolute atomic E-state index is 13.4. The number of nitrogens with one attached hydrogen (secondary N) is 1. The first-order valence-corrected chi connectivity index (χ1v) is 10.1. The number of amides is 1. The molecule has 146 valence electrons. The van der Waals surface area contributed by atoms with E-state index in [1.165, 1.54) is 23.9 Å². The van der Waals surface area contributed by atoms with Crippen molar-refractivity contribution in [3.63, 3.8) is 0 Å². The van der Waals surface area contributed by atoms with Gasteiger partial charge >= 0.3 is 0 Å². The van der Waals surface area contributed by atoms with Crippen LogP contribution in [0.15, 0.2) is 53.9 Å². The van der Waals surface area contributed by atoms with Gasteiger partial charge in [0.05, 0.1) is 5.75 Å². The average molecular weight is 399 g/mol. The number of hydrogen-bond donors (Lipinski definition) is 1. The molecule has 3 aromatic rings. The molecule has 0 radical (unpaired) electrons. The summed E-state index contributed by atoms with van der Waals surface area (Å²) in [6.45, 7) is 4.10. The predicted octanol–water partition coefficient (Wildman–Crippen LogP) is 3.87. The second-order valence-corrected chi connectivity index (χ2v) is 7.17. The minimum atomic E-state index is -0.318. The fourth-order valence-electron chi connectivity index (χ4n) is 2.77. The molecule has 1 aromatic carbocycles. The Bertz CT molecular complexity index is 910. The van der Waals surface area contributed by atoms with Crippen molar-refractivity contribution in [2.24, 2.45) is 0 Å². The number of rotatable bonds is 8. The Morgan fingerprint density at radius 3 is 2.43 bits per heavy atom. The van der Waals surface area contributed by atoms with Gasteiger partial charge < -0.3 is 5.32 Å². The fourth-order valence-corrected chi connectivity index (χ4v) is 3.53. The number of benzene rings is 1. The molecule has 0 saturated heterocycles. The van der Waals surface area contributed by atoms with Gasteiger partial charge in [-0.2, -0.15) is 0 Å². The molecular weight excluding hydrogens is 377 g/mol. The number of aromatic nitrogens is 4. The van der Waals surface area contributed by atoms with Gasteiger partial charge in [0.2, 0.25) is 5.91 Å². The Balaban J connectivity index is 1.88. The molecule has 6 nitrogen and oxygen atoms in total. The van der Waals surface area contributed by atoms with E-state index in [0.717, 1.165) is 24.1 Å². The summed E-state index contributed by atoms with van der Waals surface area (Å²) in [6.07, 6.45) is 5.14. The van der Waals surface area contributed by atoms with Crippen molar-refractivity contribution in [2.45, 2.75) is 37.9 Å². The minimum Gasteiger partial charge on any atom is -0.353 e. The molecule has 0 atom stereocenters. The van der Waals surface area contributed by atoms with Gasteiger partial charge in [-0.25, -0.2) is 4.39 Å². The molecule has 0 fully saturated rings. The summed E-state index contributed by atoms with van der Waals surface area (Å²) in [5, 5.41) is 12.1. The zero-order valence-corrected chi connectivity index (χ0v) is 16.6. The molecule has 0 aliphatic rings. The van der Waals surface area contributed by atoms with Gasteiger partial charge in [-0.15, -0.1) is 10.2 Å². The van der Waals surface area contributed by atoms with E-state index in [2.05, 4.69) is 20.5 Å². The second-order valence-electron chi connectivity index (χ2n) is 6.22. The molecule has 0 aliphatic carbocycles. The van der Waals surface area contributed by atoms with E-state index in [-0.39, 0.29) is 23.5 Å². The summed E-state index contributed by atoms with van der Waals surface area (Å²) in [6, 6.07) is 9.95. The first kappa shape index (κ1) is 20.0. The van der Waals surface area contributed by atoms with E-state index in [4.69, 9.17) is 0 Å². The van der Waals surface area contributed by atoms with Crippen molar-refractivity contribution < 1.29 is 9.18 Å². The Hall–Kier alpha value is -2.74. The third-order valence-corrected chi connectivity index (χ3v) is 5.27. The highest BCUT2D eigenvalue weighted by atomic mass is 32.2. The van der Waals surface area contributed by atoms with Gasteiger partial charge in [-0.05, 0) is 49.2 Å². The summed E-state index contributed by atoms with van der Waals surface area (Å²) in [5.74, 6) is 0.474. The van der Waals surface area contributed by atoms with Gasteiger partial charge in [0, 0.05) is 29.7 Å². The van der Waals surface area contributed by atoms with Crippen LogP contribution in [0, 0.1) is 5.82 Å². The summed E-state index contributed by atoms with van der Waals surface area (Å²) in [4.78, 5) is 16.3. The topological polar surface area (TPSA) is 72.7 Å². The first-order valence-electron chi connectivity index (χ1n) is 9.16. The number of thioether (sulfide) groups is 1. The van der Waals surface area contributed by atoms with E-state index in [1.54, 1.807) is 24.5 Å². The third-order valence-electron chi connectivity index (χ3n) is 4.34. The predicted molar refractivity (Wildman–Crippen MR) is 108 cm³/mol. The zero-order valence-electron chi connectivity index (χ0n) is 15.8. The van der Waals surface area contributed by atoms with Crippen molar-refractivity contribution in [1.29, 1.82) is 0 Å². The van der Waals surface area contributed by atoms with Gasteiger partial charge in [0.25, 0.3) is 0 Å². The second kappa shape index (κ2) is 9.45. The van der Waals surface area contributed by atoms with Crippen LogP contribution in [0.3, 0.4) is 0 Å². The van der Waals surface area contributed by atoms with E-state index in [1.807, 2.05) is 30.5 Å². The molecule has 28 heavy (non-hydrogen) atoms. The standard InChI is InChI=1S/C20H22FN5OS/c1-3-16(4-2)23-18(27)13-28-20-25-24-19(14-9-11-22-12-10-14)26(20)17-7-5-15(21)6-8-17/h5-12,16H,3-4,13H2,1-2H3,(H,23,27). The van der Waals surface area contributed by atoms with Gasteiger partial charge in [-0.1, -0.05) is 25.6 Å². The number of nitrogens with zero attached hydrogens (tertiary/aromatic N) is 4. The quantitative estimate of drug-likeness (QED) is 0.582. The van der Waals surface area contributed by atoms with E-state index in [0.29, 0.717) is 11.0 Å². The highest BCUT2D eigenvalue weighted by molar-refractivity contribution is 7.99. The SMILES string of the molecule is CCC(CC)NC(=O)CSc1nnc(-c2ccncc2)n1-c1ccc(F)cc1. The maximum atomic E-state index is 13.4. The van der Waals surface area contributed by atoms with Crippen LogP contribution in [0.5, 0.6) is 0 Å². The number of carbonyl (C=O) groups excluding carboxylic acids is 1. The first-order chi connectivity index (χ1) is 13.6. The lowest BCUT2D eigenvalue weighted by Gasteiger charge is -2.14. The number of pyridine rings is 1. The number of hydrogen-bond acceptors (Lipinski definition) is 5. The third kappa shape index (κ3) is 4.75. The molecule has 0 bridgehead atoms. The molecule has 0 aliphatic heterocycles. The summed E-state index contributed by atoms with van der Waals surface area (Å²) in [5.41, 5.74) is 1.56. The van der Waals surface area contributed by atoms with E-state index < -0.39 is 0 Å². The summed E-state index contributed by atoms with van der Waals surface area (Å²) in [7, 11) is 0. The average Bonchev–Trinajstić information content (AvgIpc) is 3.15. The van der Waals surface area contributed by atoms with Crippen LogP contribution < -0.4 is 5.32 Å². The normalized spacial score (nSPS) is 11.0. The van der Waals surface area contributed by atoms with Crippen LogP contribution in [0.25, 0.3) is 17.1 Å². The van der Waals surface area contributed by atoms with Crippen LogP contribution in [-0.2, 0) is 4.79 Å². The van der Waals surface area contributed by atoms with Crippen LogP contribution in [-0.4, -0.2) is 37.5 Å². The van der Waals surface area contributed by atoms with E-state index in [9.17, 15) is 9.18 Å². The van der Waals surface area contributed by atoms with Crippen molar-refractivity contribution in [3.8, 4) is 17.1 Å². The minimum absolute atomic E-state index is 0.0437. The summed E-state index contributed by atoms with van der Waals surface area (Å²) >= 11 is 1.30. The molecule has 0 spiro atoms.